The van der Waals surface area contributed by atoms with Crippen molar-refractivity contribution in [1.82, 2.24) is 9.88 Å². The van der Waals surface area contributed by atoms with E-state index >= 15 is 0 Å². The first-order valence-corrected chi connectivity index (χ1v) is 9.23. The van der Waals surface area contributed by atoms with Crippen molar-refractivity contribution in [3.8, 4) is 22.8 Å². The molecule has 1 aromatic heterocycles. The minimum absolute atomic E-state index is 0.0350. The summed E-state index contributed by atoms with van der Waals surface area (Å²) in [6, 6.07) is 13.8. The summed E-state index contributed by atoms with van der Waals surface area (Å²) in [5.41, 5.74) is 3.17. The monoisotopic (exact) mass is 378 g/mol. The van der Waals surface area contributed by atoms with E-state index in [1.165, 1.54) is 5.56 Å². The zero-order valence-corrected chi connectivity index (χ0v) is 16.0. The first-order valence-electron chi connectivity index (χ1n) is 9.23. The van der Waals surface area contributed by atoms with Crippen molar-refractivity contribution in [2.24, 2.45) is 0 Å². The summed E-state index contributed by atoms with van der Waals surface area (Å²) in [6.45, 7) is 2.80. The number of carbonyl (C=O) groups is 1. The summed E-state index contributed by atoms with van der Waals surface area (Å²) in [5.74, 6) is 2.79. The van der Waals surface area contributed by atoms with E-state index in [2.05, 4.69) is 4.98 Å². The molecule has 0 aliphatic carbocycles. The highest BCUT2D eigenvalue weighted by atomic mass is 16.7. The van der Waals surface area contributed by atoms with Gasteiger partial charge in [-0.05, 0) is 24.6 Å². The van der Waals surface area contributed by atoms with E-state index in [1.54, 1.807) is 18.1 Å². The minimum atomic E-state index is 0.0350. The van der Waals surface area contributed by atoms with Gasteiger partial charge in [-0.25, -0.2) is 4.98 Å². The van der Waals surface area contributed by atoms with Gasteiger partial charge in [-0.2, -0.15) is 0 Å². The largest absolute Gasteiger partial charge is 0.454 e. The van der Waals surface area contributed by atoms with Crippen molar-refractivity contribution in [2.75, 3.05) is 13.8 Å². The van der Waals surface area contributed by atoms with Crippen molar-refractivity contribution >= 4 is 5.91 Å². The van der Waals surface area contributed by atoms with Crippen LogP contribution in [0.25, 0.3) is 11.3 Å². The Kier molecular flexibility index (Phi) is 5.02. The number of amides is 1. The maximum atomic E-state index is 12.5. The van der Waals surface area contributed by atoms with Gasteiger partial charge in [0.05, 0.1) is 6.20 Å². The Bertz CT molecular complexity index is 978. The molecule has 1 aliphatic heterocycles. The van der Waals surface area contributed by atoms with Crippen molar-refractivity contribution in [3.63, 3.8) is 0 Å². The molecule has 0 saturated carbocycles. The molecular formula is C22H22N2O4. The van der Waals surface area contributed by atoms with Crippen LogP contribution in [0.3, 0.4) is 0 Å². The number of hydrogen-bond donors (Lipinski definition) is 0. The van der Waals surface area contributed by atoms with E-state index in [0.717, 1.165) is 28.4 Å². The summed E-state index contributed by atoms with van der Waals surface area (Å²) in [4.78, 5) is 18.5. The normalized spacial score (nSPS) is 12.2. The van der Waals surface area contributed by atoms with Gasteiger partial charge in [-0.3, -0.25) is 4.79 Å². The summed E-state index contributed by atoms with van der Waals surface area (Å²) in [6.07, 6.45) is 2.52. The van der Waals surface area contributed by atoms with Gasteiger partial charge in [0.25, 0.3) is 0 Å². The van der Waals surface area contributed by atoms with Gasteiger partial charge in [0.15, 0.2) is 23.1 Å². The van der Waals surface area contributed by atoms with Crippen LogP contribution >= 0.6 is 0 Å². The maximum Gasteiger partial charge on any atom is 0.231 e. The predicted molar refractivity (Wildman–Crippen MR) is 104 cm³/mol. The SMILES string of the molecule is Cc1ccc(-c2cnc(CCC(=O)N(C)Cc3ccc4c(c3)OCO4)o2)cc1. The number of ether oxygens (including phenoxy) is 2. The number of nitrogens with zero attached hydrogens (tertiary/aromatic N) is 2. The zero-order valence-electron chi connectivity index (χ0n) is 16.0. The number of hydrogen-bond acceptors (Lipinski definition) is 5. The fraction of sp³-hybridized carbons (Fsp3) is 0.273. The van der Waals surface area contributed by atoms with E-state index in [4.69, 9.17) is 13.9 Å². The first-order chi connectivity index (χ1) is 13.6. The molecule has 0 saturated heterocycles. The number of aryl methyl sites for hydroxylation is 2. The molecule has 1 amide bonds. The molecule has 28 heavy (non-hydrogen) atoms. The predicted octanol–water partition coefficient (Wildman–Crippen LogP) is 3.97. The van der Waals surface area contributed by atoms with Crippen LogP contribution in [0.2, 0.25) is 0 Å². The van der Waals surface area contributed by atoms with Gasteiger partial charge in [0.1, 0.15) is 0 Å². The lowest BCUT2D eigenvalue weighted by atomic mass is 10.1. The standard InChI is InChI=1S/C22H22N2O4/c1-15-3-6-17(7-4-15)20-12-23-21(28-20)9-10-22(25)24(2)13-16-5-8-18-19(11-16)27-14-26-18/h3-8,11-12H,9-10,13-14H2,1-2H3. The second-order valence-corrected chi connectivity index (χ2v) is 6.92. The average molecular weight is 378 g/mol. The van der Waals surface area contributed by atoms with Crippen molar-refractivity contribution in [3.05, 3.63) is 65.7 Å². The summed E-state index contributed by atoms with van der Waals surface area (Å²) < 4.78 is 16.5. The highest BCUT2D eigenvalue weighted by molar-refractivity contribution is 5.76. The number of aromatic nitrogens is 1. The van der Waals surface area contributed by atoms with Crippen molar-refractivity contribution < 1.29 is 18.7 Å². The van der Waals surface area contributed by atoms with E-state index < -0.39 is 0 Å². The second-order valence-electron chi connectivity index (χ2n) is 6.92. The minimum Gasteiger partial charge on any atom is -0.454 e. The molecule has 0 N–H and O–H groups in total. The molecular weight excluding hydrogens is 356 g/mol. The van der Waals surface area contributed by atoms with Crippen LogP contribution in [0.1, 0.15) is 23.4 Å². The summed E-state index contributed by atoms with van der Waals surface area (Å²) in [7, 11) is 1.79. The van der Waals surface area contributed by atoms with Crippen LogP contribution in [0.5, 0.6) is 11.5 Å². The molecule has 2 aromatic carbocycles. The smallest absolute Gasteiger partial charge is 0.231 e. The van der Waals surface area contributed by atoms with Crippen LogP contribution in [0.15, 0.2) is 53.1 Å². The molecule has 2 heterocycles. The molecule has 1 aliphatic rings. The zero-order chi connectivity index (χ0) is 19.5. The molecule has 3 aromatic rings. The van der Waals surface area contributed by atoms with Gasteiger partial charge in [0.2, 0.25) is 12.7 Å². The van der Waals surface area contributed by atoms with Gasteiger partial charge < -0.3 is 18.8 Å². The van der Waals surface area contributed by atoms with Crippen LogP contribution in [0, 0.1) is 6.92 Å². The van der Waals surface area contributed by atoms with Gasteiger partial charge in [0, 0.05) is 32.0 Å². The quantitative estimate of drug-likeness (QED) is 0.649. The van der Waals surface area contributed by atoms with Crippen LogP contribution in [-0.2, 0) is 17.8 Å². The molecule has 0 spiro atoms. The molecule has 0 unspecified atom stereocenters. The van der Waals surface area contributed by atoms with Gasteiger partial charge >= 0.3 is 0 Å². The third kappa shape index (κ3) is 4.01. The van der Waals surface area contributed by atoms with Crippen molar-refractivity contribution in [1.29, 1.82) is 0 Å². The summed E-state index contributed by atoms with van der Waals surface area (Å²) in [5, 5.41) is 0. The lowest BCUT2D eigenvalue weighted by Gasteiger charge is -2.17. The number of fused-ring (bicyclic) bond motifs is 1. The van der Waals surface area contributed by atoms with Gasteiger partial charge in [-0.1, -0.05) is 35.9 Å². The van der Waals surface area contributed by atoms with Crippen LogP contribution in [0.4, 0.5) is 0 Å². The number of oxazole rings is 1. The fourth-order valence-electron chi connectivity index (χ4n) is 3.08. The lowest BCUT2D eigenvalue weighted by molar-refractivity contribution is -0.130. The Morgan fingerprint density at radius 1 is 1.11 bits per heavy atom. The Balaban J connectivity index is 1.32. The molecule has 144 valence electrons. The Morgan fingerprint density at radius 2 is 1.89 bits per heavy atom. The molecule has 6 nitrogen and oxygen atoms in total. The topological polar surface area (TPSA) is 64.8 Å². The van der Waals surface area contributed by atoms with E-state index in [-0.39, 0.29) is 12.7 Å². The number of benzene rings is 2. The van der Waals surface area contributed by atoms with Crippen LogP contribution in [-0.4, -0.2) is 29.6 Å². The lowest BCUT2D eigenvalue weighted by Crippen LogP contribution is -2.26. The van der Waals surface area contributed by atoms with Crippen molar-refractivity contribution in [2.45, 2.75) is 26.3 Å². The van der Waals surface area contributed by atoms with E-state index in [9.17, 15) is 4.79 Å². The molecule has 0 fully saturated rings. The molecule has 6 heteroatoms. The summed E-state index contributed by atoms with van der Waals surface area (Å²) >= 11 is 0. The van der Waals surface area contributed by atoms with Crippen LogP contribution < -0.4 is 9.47 Å². The Morgan fingerprint density at radius 3 is 2.71 bits per heavy atom. The molecule has 0 bridgehead atoms. The average Bonchev–Trinajstić information content (AvgIpc) is 3.35. The fourth-order valence-corrected chi connectivity index (χ4v) is 3.08. The van der Waals surface area contributed by atoms with Gasteiger partial charge in [-0.15, -0.1) is 0 Å². The molecule has 4 rings (SSSR count). The third-order valence-corrected chi connectivity index (χ3v) is 4.72. The number of rotatable bonds is 6. The third-order valence-electron chi connectivity index (χ3n) is 4.72. The molecule has 0 atom stereocenters. The molecule has 0 radical (unpaired) electrons. The number of carbonyl (C=O) groups excluding carboxylic acids is 1. The Labute approximate surface area is 163 Å². The maximum absolute atomic E-state index is 12.5. The van der Waals surface area contributed by atoms with E-state index in [1.807, 2.05) is 49.4 Å². The highest BCUT2D eigenvalue weighted by Crippen LogP contribution is 2.32. The Hall–Kier alpha value is -3.28. The highest BCUT2D eigenvalue weighted by Gasteiger charge is 2.16. The first kappa shape index (κ1) is 18.1. The second kappa shape index (κ2) is 7.76. The van der Waals surface area contributed by atoms with E-state index in [0.29, 0.717) is 25.3 Å².